The van der Waals surface area contributed by atoms with E-state index in [1.807, 2.05) is 38.1 Å². The summed E-state index contributed by atoms with van der Waals surface area (Å²) in [7, 11) is 3.84. The van der Waals surface area contributed by atoms with Gasteiger partial charge < -0.3 is 10.2 Å². The second-order valence-electron chi connectivity index (χ2n) is 6.23. The summed E-state index contributed by atoms with van der Waals surface area (Å²) in [4.78, 5) is 26.9. The van der Waals surface area contributed by atoms with Crippen molar-refractivity contribution in [1.82, 2.24) is 30.0 Å². The van der Waals surface area contributed by atoms with Gasteiger partial charge >= 0.3 is 0 Å². The van der Waals surface area contributed by atoms with Gasteiger partial charge in [-0.2, -0.15) is 5.10 Å². The highest BCUT2D eigenvalue weighted by molar-refractivity contribution is 5.94. The van der Waals surface area contributed by atoms with E-state index in [2.05, 4.69) is 25.4 Å². The Morgan fingerprint density at radius 2 is 1.96 bits per heavy atom. The number of rotatable bonds is 6. The lowest BCUT2D eigenvalue weighted by Crippen LogP contribution is -2.35. The molecule has 2 aromatic heterocycles. The van der Waals surface area contributed by atoms with Gasteiger partial charge in [-0.25, -0.2) is 9.97 Å². The van der Waals surface area contributed by atoms with Crippen LogP contribution in [0.2, 0.25) is 0 Å². The molecule has 0 aliphatic carbocycles. The number of anilines is 1. The first-order chi connectivity index (χ1) is 12.5. The maximum atomic E-state index is 12.4. The first-order valence-corrected chi connectivity index (χ1v) is 8.26. The molecule has 134 valence electrons. The molecule has 0 radical (unpaired) electrons. The maximum absolute atomic E-state index is 12.4. The predicted molar refractivity (Wildman–Crippen MR) is 98.7 cm³/mol. The van der Waals surface area contributed by atoms with E-state index in [1.165, 1.54) is 6.33 Å². The molecule has 0 aliphatic heterocycles. The van der Waals surface area contributed by atoms with Crippen molar-refractivity contribution in [2.75, 3.05) is 19.0 Å². The molecule has 3 aromatic rings. The van der Waals surface area contributed by atoms with Crippen molar-refractivity contribution in [3.8, 4) is 11.3 Å². The van der Waals surface area contributed by atoms with Crippen molar-refractivity contribution in [3.63, 3.8) is 0 Å². The van der Waals surface area contributed by atoms with E-state index >= 15 is 0 Å². The molecule has 1 aromatic carbocycles. The summed E-state index contributed by atoms with van der Waals surface area (Å²) in [5.41, 5.74) is 2.27. The molecule has 1 N–H and O–H groups in total. The standard InChI is InChI=1S/C18H21N7O/c1-13(10-25-12-20-11-21-25)22-18(26)15-6-4-14(5-7-15)16-8-19-9-17(23-16)24(2)3/h4-9,11-13H,10H2,1-3H3,(H,22,26)/t13-/m1/s1. The van der Waals surface area contributed by atoms with Crippen LogP contribution in [0.1, 0.15) is 17.3 Å². The van der Waals surface area contributed by atoms with Crippen LogP contribution in [0.3, 0.4) is 0 Å². The summed E-state index contributed by atoms with van der Waals surface area (Å²) in [5.74, 6) is 0.656. The minimum atomic E-state index is -0.128. The predicted octanol–water partition coefficient (Wildman–Crippen LogP) is 1.62. The highest BCUT2D eigenvalue weighted by atomic mass is 16.1. The van der Waals surface area contributed by atoms with Crippen LogP contribution in [-0.2, 0) is 6.54 Å². The highest BCUT2D eigenvalue weighted by Gasteiger charge is 2.11. The minimum Gasteiger partial charge on any atom is -0.361 e. The molecule has 0 fully saturated rings. The van der Waals surface area contributed by atoms with Crippen LogP contribution in [0.25, 0.3) is 11.3 Å². The number of nitrogens with one attached hydrogen (secondary N) is 1. The molecule has 0 unspecified atom stereocenters. The van der Waals surface area contributed by atoms with Gasteiger partial charge in [-0.05, 0) is 19.1 Å². The average molecular weight is 351 g/mol. The summed E-state index contributed by atoms with van der Waals surface area (Å²) < 4.78 is 1.68. The van der Waals surface area contributed by atoms with E-state index in [0.29, 0.717) is 12.1 Å². The summed E-state index contributed by atoms with van der Waals surface area (Å²) in [6, 6.07) is 7.26. The van der Waals surface area contributed by atoms with E-state index in [0.717, 1.165) is 17.1 Å². The van der Waals surface area contributed by atoms with E-state index in [1.54, 1.807) is 35.5 Å². The van der Waals surface area contributed by atoms with Crippen molar-refractivity contribution in [3.05, 3.63) is 54.9 Å². The highest BCUT2D eigenvalue weighted by Crippen LogP contribution is 2.19. The van der Waals surface area contributed by atoms with Gasteiger partial charge in [0.15, 0.2) is 0 Å². The first kappa shape index (κ1) is 17.5. The molecule has 8 nitrogen and oxygen atoms in total. The molecule has 1 amide bonds. The van der Waals surface area contributed by atoms with Gasteiger partial charge in [0, 0.05) is 31.3 Å². The van der Waals surface area contributed by atoms with Gasteiger partial charge in [0.1, 0.15) is 18.5 Å². The largest absolute Gasteiger partial charge is 0.361 e. The number of hydrogen-bond acceptors (Lipinski definition) is 6. The van der Waals surface area contributed by atoms with Crippen LogP contribution in [-0.4, -0.2) is 50.8 Å². The SMILES string of the molecule is C[C@H](Cn1cncn1)NC(=O)c1ccc(-c2cncc(N(C)C)n2)cc1. The smallest absolute Gasteiger partial charge is 0.251 e. The Labute approximate surface area is 151 Å². The topological polar surface area (TPSA) is 88.8 Å². The Kier molecular flexibility index (Phi) is 5.21. The number of carbonyl (C=O) groups is 1. The third-order valence-electron chi connectivity index (χ3n) is 3.83. The zero-order chi connectivity index (χ0) is 18.5. The van der Waals surface area contributed by atoms with Crippen LogP contribution in [0.5, 0.6) is 0 Å². The van der Waals surface area contributed by atoms with E-state index in [9.17, 15) is 4.79 Å². The van der Waals surface area contributed by atoms with Gasteiger partial charge in [-0.15, -0.1) is 0 Å². The second-order valence-corrected chi connectivity index (χ2v) is 6.23. The number of amides is 1. The molecule has 26 heavy (non-hydrogen) atoms. The maximum Gasteiger partial charge on any atom is 0.251 e. The van der Waals surface area contributed by atoms with Gasteiger partial charge in [0.25, 0.3) is 5.91 Å². The number of benzene rings is 1. The number of hydrogen-bond donors (Lipinski definition) is 1. The Morgan fingerprint density at radius 1 is 1.19 bits per heavy atom. The minimum absolute atomic E-state index is 0.0634. The number of nitrogens with zero attached hydrogens (tertiary/aromatic N) is 6. The lowest BCUT2D eigenvalue weighted by Gasteiger charge is -2.14. The lowest BCUT2D eigenvalue weighted by molar-refractivity contribution is 0.0936. The number of aromatic nitrogens is 5. The molecule has 0 aliphatic rings. The monoisotopic (exact) mass is 351 g/mol. The summed E-state index contributed by atoms with van der Waals surface area (Å²) in [6.07, 6.45) is 6.52. The van der Waals surface area contributed by atoms with Crippen molar-refractivity contribution in [2.45, 2.75) is 19.5 Å². The van der Waals surface area contributed by atoms with Crippen molar-refractivity contribution < 1.29 is 4.79 Å². The van der Waals surface area contributed by atoms with Crippen molar-refractivity contribution in [1.29, 1.82) is 0 Å². The summed E-state index contributed by atoms with van der Waals surface area (Å²) in [6.45, 7) is 2.49. The Hall–Kier alpha value is -3.29. The van der Waals surface area contributed by atoms with Crippen LogP contribution < -0.4 is 10.2 Å². The summed E-state index contributed by atoms with van der Waals surface area (Å²) in [5, 5.41) is 6.99. The van der Waals surface area contributed by atoms with Gasteiger partial charge in [-0.3, -0.25) is 14.5 Å². The fourth-order valence-corrected chi connectivity index (χ4v) is 2.46. The first-order valence-electron chi connectivity index (χ1n) is 8.26. The molecular formula is C18H21N7O. The second kappa shape index (κ2) is 7.73. The third kappa shape index (κ3) is 4.21. The van der Waals surface area contributed by atoms with Gasteiger partial charge in [0.05, 0.1) is 24.6 Å². The van der Waals surface area contributed by atoms with Crippen molar-refractivity contribution >= 4 is 11.7 Å². The Balaban J connectivity index is 1.67. The fourth-order valence-electron chi connectivity index (χ4n) is 2.46. The van der Waals surface area contributed by atoms with Crippen LogP contribution >= 0.6 is 0 Å². The third-order valence-corrected chi connectivity index (χ3v) is 3.83. The molecule has 0 saturated carbocycles. The molecule has 1 atom stereocenters. The quantitative estimate of drug-likeness (QED) is 0.726. The Bertz CT molecular complexity index is 860. The molecule has 8 heteroatoms. The normalized spacial score (nSPS) is 11.8. The van der Waals surface area contributed by atoms with E-state index in [-0.39, 0.29) is 11.9 Å². The van der Waals surface area contributed by atoms with E-state index in [4.69, 9.17) is 0 Å². The average Bonchev–Trinajstić information content (AvgIpc) is 3.14. The molecular weight excluding hydrogens is 330 g/mol. The van der Waals surface area contributed by atoms with Crippen LogP contribution in [0, 0.1) is 0 Å². The van der Waals surface area contributed by atoms with E-state index < -0.39 is 0 Å². The van der Waals surface area contributed by atoms with Crippen molar-refractivity contribution in [2.24, 2.45) is 0 Å². The summed E-state index contributed by atoms with van der Waals surface area (Å²) >= 11 is 0. The molecule has 0 saturated heterocycles. The zero-order valence-electron chi connectivity index (χ0n) is 15.0. The molecule has 0 spiro atoms. The molecule has 2 heterocycles. The van der Waals surface area contributed by atoms with Gasteiger partial charge in [0.2, 0.25) is 0 Å². The lowest BCUT2D eigenvalue weighted by atomic mass is 10.1. The van der Waals surface area contributed by atoms with Crippen LogP contribution in [0.15, 0.2) is 49.3 Å². The fraction of sp³-hybridized carbons (Fsp3) is 0.278. The number of carbonyl (C=O) groups excluding carboxylic acids is 1. The van der Waals surface area contributed by atoms with Gasteiger partial charge in [-0.1, -0.05) is 12.1 Å². The Morgan fingerprint density at radius 3 is 2.62 bits per heavy atom. The molecule has 3 rings (SSSR count). The zero-order valence-corrected chi connectivity index (χ0v) is 15.0. The molecule has 0 bridgehead atoms. The van der Waals surface area contributed by atoms with Crippen LogP contribution in [0.4, 0.5) is 5.82 Å².